The van der Waals surface area contributed by atoms with Gasteiger partial charge in [-0.05, 0) is 31.4 Å². The number of rotatable bonds is 2. The average Bonchev–Trinajstić information content (AvgIpc) is 2.92. The third-order valence-electron chi connectivity index (χ3n) is 4.66. The van der Waals surface area contributed by atoms with E-state index in [0.29, 0.717) is 36.4 Å². The van der Waals surface area contributed by atoms with E-state index < -0.39 is 16.7 Å². The maximum absolute atomic E-state index is 13.2. The van der Waals surface area contributed by atoms with Crippen molar-refractivity contribution in [1.82, 2.24) is 10.3 Å². The van der Waals surface area contributed by atoms with Gasteiger partial charge in [0, 0.05) is 36.3 Å². The molecule has 1 spiro atoms. The number of halogens is 3. The Morgan fingerprint density at radius 3 is 2.84 bits per heavy atom. The van der Waals surface area contributed by atoms with E-state index in [1.54, 1.807) is 13.2 Å². The van der Waals surface area contributed by atoms with E-state index >= 15 is 0 Å². The van der Waals surface area contributed by atoms with Crippen molar-refractivity contribution < 1.29 is 17.9 Å². The molecule has 3 atom stereocenters. The summed E-state index contributed by atoms with van der Waals surface area (Å²) in [4.78, 5) is 0.133. The van der Waals surface area contributed by atoms with Crippen LogP contribution in [0, 0.1) is 0 Å². The molecule has 0 saturated carbocycles. The lowest BCUT2D eigenvalue weighted by Crippen LogP contribution is -2.55. The van der Waals surface area contributed by atoms with Crippen LogP contribution < -0.4 is 16.9 Å². The number of nitrogens with zero attached hydrogens (tertiary/aromatic N) is 1. The van der Waals surface area contributed by atoms with Crippen LogP contribution in [-0.2, 0) is 22.9 Å². The van der Waals surface area contributed by atoms with E-state index in [2.05, 4.69) is 5.32 Å². The van der Waals surface area contributed by atoms with Crippen molar-refractivity contribution in [3.8, 4) is 0 Å². The predicted octanol–water partition coefficient (Wildman–Crippen LogP) is 2.28. The molecule has 9 heteroatoms. The third kappa shape index (κ3) is 3.64. The number of ether oxygens (including phenoxy) is 1. The van der Waals surface area contributed by atoms with Gasteiger partial charge in [-0.2, -0.15) is 13.2 Å². The normalized spacial score (nSPS) is 30.4. The summed E-state index contributed by atoms with van der Waals surface area (Å²) < 4.78 is 45.6. The molecule has 5 nitrogen and oxygen atoms in total. The lowest BCUT2D eigenvalue weighted by molar-refractivity contribution is -0.134. The van der Waals surface area contributed by atoms with Gasteiger partial charge in [-0.15, -0.1) is 11.3 Å². The number of nitrogens with one attached hydrogen (secondary N) is 1. The molecule has 3 rings (SSSR count). The highest BCUT2D eigenvalue weighted by atomic mass is 32.1. The van der Waals surface area contributed by atoms with Crippen molar-refractivity contribution in [3.05, 3.63) is 33.3 Å². The molecule has 0 aromatic carbocycles. The molecule has 0 bridgehead atoms. The number of hydrogen-bond acceptors (Lipinski definition) is 6. The van der Waals surface area contributed by atoms with E-state index in [-0.39, 0.29) is 12.1 Å². The maximum Gasteiger partial charge on any atom is 0.425 e. The van der Waals surface area contributed by atoms with Crippen molar-refractivity contribution >= 4 is 11.3 Å². The standard InChI is InChI=1S/C16H23F3N4OS/c1-9-6-15(7-12(22-9)11(20)8-23(2)21)14-10(3-4-24-15)5-13(25-14)16(17,18)19/h5,8-9,12,22H,3-4,6-7,20-21H2,1-2H3/b11-8-. The first-order valence-corrected chi connectivity index (χ1v) is 8.97. The maximum atomic E-state index is 13.2. The number of thiophene rings is 1. The summed E-state index contributed by atoms with van der Waals surface area (Å²) in [7, 11) is 1.67. The topological polar surface area (TPSA) is 76.5 Å². The lowest BCUT2D eigenvalue weighted by Gasteiger charge is -2.46. The van der Waals surface area contributed by atoms with Gasteiger partial charge in [-0.25, -0.2) is 5.84 Å². The second-order valence-electron chi connectivity index (χ2n) is 6.88. The van der Waals surface area contributed by atoms with Crippen LogP contribution in [0.4, 0.5) is 13.2 Å². The minimum absolute atomic E-state index is 0.0520. The minimum atomic E-state index is -4.33. The fourth-order valence-electron chi connectivity index (χ4n) is 3.77. The number of alkyl halides is 3. The van der Waals surface area contributed by atoms with Crippen LogP contribution in [0.15, 0.2) is 18.0 Å². The Morgan fingerprint density at radius 1 is 1.48 bits per heavy atom. The van der Waals surface area contributed by atoms with Crippen molar-refractivity contribution in [2.24, 2.45) is 11.6 Å². The summed E-state index contributed by atoms with van der Waals surface area (Å²) in [5.41, 5.74) is 6.69. The fourth-order valence-corrected chi connectivity index (χ4v) is 5.01. The first kappa shape index (κ1) is 18.5. The summed E-state index contributed by atoms with van der Waals surface area (Å²) in [5.74, 6) is 5.63. The van der Waals surface area contributed by atoms with Crippen molar-refractivity contribution in [3.63, 3.8) is 0 Å². The Hall–Kier alpha value is -1.29. The molecule has 1 fully saturated rings. The molecule has 1 saturated heterocycles. The molecule has 1 aromatic heterocycles. The smallest absolute Gasteiger partial charge is 0.400 e. The molecule has 2 aliphatic rings. The summed E-state index contributed by atoms with van der Waals surface area (Å²) in [6, 6.07) is 1.12. The summed E-state index contributed by atoms with van der Waals surface area (Å²) in [6.07, 6.45) is -1.11. The zero-order chi connectivity index (χ0) is 18.4. The summed E-state index contributed by atoms with van der Waals surface area (Å²) >= 11 is 0.804. The van der Waals surface area contributed by atoms with E-state index in [4.69, 9.17) is 16.3 Å². The Labute approximate surface area is 148 Å². The molecule has 5 N–H and O–H groups in total. The van der Waals surface area contributed by atoms with Crippen molar-refractivity contribution in [1.29, 1.82) is 0 Å². The molecule has 0 radical (unpaired) electrons. The minimum Gasteiger partial charge on any atom is -0.400 e. The Balaban J connectivity index is 1.98. The number of hydrogen-bond donors (Lipinski definition) is 3. The number of nitrogens with two attached hydrogens (primary N) is 2. The molecule has 0 aliphatic carbocycles. The van der Waals surface area contributed by atoms with Gasteiger partial charge in [0.25, 0.3) is 0 Å². The van der Waals surface area contributed by atoms with Crippen molar-refractivity contribution in [2.45, 2.75) is 50.0 Å². The van der Waals surface area contributed by atoms with Crippen LogP contribution in [0.1, 0.15) is 35.1 Å². The summed E-state index contributed by atoms with van der Waals surface area (Å²) in [5, 5.41) is 4.75. The third-order valence-corrected chi connectivity index (χ3v) is 6.07. The SMILES string of the molecule is CC1CC2(CC(/C(N)=C/N(C)N)N1)OCCc1cc(C(F)(F)F)sc12. The van der Waals surface area contributed by atoms with Gasteiger partial charge < -0.3 is 20.8 Å². The fraction of sp³-hybridized carbons (Fsp3) is 0.625. The zero-order valence-electron chi connectivity index (χ0n) is 14.2. The molecular weight excluding hydrogens is 353 g/mol. The van der Waals surface area contributed by atoms with Gasteiger partial charge in [-0.3, -0.25) is 0 Å². The van der Waals surface area contributed by atoms with Crippen molar-refractivity contribution in [2.75, 3.05) is 13.7 Å². The van der Waals surface area contributed by atoms with Gasteiger partial charge in [0.1, 0.15) is 10.5 Å². The average molecular weight is 376 g/mol. The number of fused-ring (bicyclic) bond motifs is 2. The van der Waals surface area contributed by atoms with Crippen LogP contribution in [0.25, 0.3) is 0 Å². The molecule has 1 aromatic rings. The molecule has 25 heavy (non-hydrogen) atoms. The Kier molecular flexibility index (Phi) is 4.78. The first-order valence-electron chi connectivity index (χ1n) is 8.16. The van der Waals surface area contributed by atoms with Gasteiger partial charge in [-0.1, -0.05) is 0 Å². The number of piperidine rings is 1. The molecule has 3 unspecified atom stereocenters. The number of hydrazine groups is 1. The molecular formula is C16H23F3N4OS. The molecule has 3 heterocycles. The largest absolute Gasteiger partial charge is 0.425 e. The second kappa shape index (κ2) is 6.46. The van der Waals surface area contributed by atoms with Gasteiger partial charge >= 0.3 is 6.18 Å². The van der Waals surface area contributed by atoms with Crippen LogP contribution in [0.3, 0.4) is 0 Å². The lowest BCUT2D eigenvalue weighted by atomic mass is 9.79. The molecule has 140 valence electrons. The zero-order valence-corrected chi connectivity index (χ0v) is 15.0. The van der Waals surface area contributed by atoms with Crippen LogP contribution in [-0.4, -0.2) is 30.7 Å². The second-order valence-corrected chi connectivity index (χ2v) is 7.93. The Morgan fingerprint density at radius 2 is 2.20 bits per heavy atom. The van der Waals surface area contributed by atoms with Gasteiger partial charge in [0.05, 0.1) is 12.6 Å². The van der Waals surface area contributed by atoms with E-state index in [1.165, 1.54) is 11.1 Å². The highest BCUT2D eigenvalue weighted by Gasteiger charge is 2.48. The van der Waals surface area contributed by atoms with Crippen LogP contribution >= 0.6 is 11.3 Å². The van der Waals surface area contributed by atoms with Gasteiger partial charge in [0.2, 0.25) is 0 Å². The summed E-state index contributed by atoms with van der Waals surface area (Å²) in [6.45, 7) is 2.41. The van der Waals surface area contributed by atoms with Crippen LogP contribution in [0.5, 0.6) is 0 Å². The van der Waals surface area contributed by atoms with E-state index in [9.17, 15) is 13.2 Å². The van der Waals surface area contributed by atoms with E-state index in [0.717, 1.165) is 16.9 Å². The first-order chi connectivity index (χ1) is 11.6. The predicted molar refractivity (Wildman–Crippen MR) is 90.5 cm³/mol. The van der Waals surface area contributed by atoms with E-state index in [1.807, 2.05) is 6.92 Å². The highest BCUT2D eigenvalue weighted by molar-refractivity contribution is 7.12. The molecule has 2 aliphatic heterocycles. The van der Waals surface area contributed by atoms with Gasteiger partial charge in [0.15, 0.2) is 0 Å². The Bertz CT molecular complexity index is 673. The monoisotopic (exact) mass is 376 g/mol. The quantitative estimate of drug-likeness (QED) is 0.545. The molecule has 0 amide bonds. The highest BCUT2D eigenvalue weighted by Crippen LogP contribution is 2.49. The van der Waals surface area contributed by atoms with Crippen LogP contribution in [0.2, 0.25) is 0 Å².